The van der Waals surface area contributed by atoms with E-state index in [1.54, 1.807) is 6.07 Å². The summed E-state index contributed by atoms with van der Waals surface area (Å²) in [5, 5.41) is 10.8. The van der Waals surface area contributed by atoms with E-state index in [0.717, 1.165) is 38.0 Å². The molecule has 0 spiro atoms. The number of rotatable bonds is 6. The molecule has 0 radical (unpaired) electrons. The lowest BCUT2D eigenvalue weighted by Gasteiger charge is -2.22. The summed E-state index contributed by atoms with van der Waals surface area (Å²) < 4.78 is 1.92. The van der Waals surface area contributed by atoms with Crippen molar-refractivity contribution < 1.29 is 4.79 Å². The highest BCUT2D eigenvalue weighted by molar-refractivity contribution is 5.92. The topological polar surface area (TPSA) is 62.2 Å². The van der Waals surface area contributed by atoms with Crippen molar-refractivity contribution in [1.29, 1.82) is 0 Å². The van der Waals surface area contributed by atoms with E-state index in [0.29, 0.717) is 18.3 Å². The molecule has 3 rings (SSSR count). The van der Waals surface area contributed by atoms with Crippen LogP contribution in [0.4, 0.5) is 0 Å². The number of carbonyl (C=O) groups excluding carboxylic acids is 1. The minimum absolute atomic E-state index is 0.123. The zero-order chi connectivity index (χ0) is 17.6. The fourth-order valence-corrected chi connectivity index (χ4v) is 3.21. The summed E-state index contributed by atoms with van der Waals surface area (Å²) in [6, 6.07) is 10.3. The molecule has 1 atom stereocenters. The van der Waals surface area contributed by atoms with Crippen molar-refractivity contribution in [2.75, 3.05) is 27.2 Å². The Bertz CT molecular complexity index is 703. The maximum atomic E-state index is 12.4. The number of nitrogens with one attached hydrogen (secondary N) is 2. The molecule has 6 nitrogen and oxygen atoms in total. The first-order chi connectivity index (χ1) is 12.1. The van der Waals surface area contributed by atoms with Crippen LogP contribution in [0.25, 0.3) is 0 Å². The van der Waals surface area contributed by atoms with Crippen LogP contribution in [-0.2, 0) is 13.1 Å². The van der Waals surface area contributed by atoms with Crippen molar-refractivity contribution in [3.05, 3.63) is 53.3 Å². The van der Waals surface area contributed by atoms with Crippen molar-refractivity contribution in [1.82, 2.24) is 25.3 Å². The molecule has 25 heavy (non-hydrogen) atoms. The third kappa shape index (κ3) is 4.67. The molecular weight excluding hydrogens is 314 g/mol. The van der Waals surface area contributed by atoms with Crippen LogP contribution in [0.1, 0.15) is 40.5 Å². The number of benzene rings is 1. The predicted octanol–water partition coefficient (Wildman–Crippen LogP) is 1.80. The quantitative estimate of drug-likeness (QED) is 0.841. The molecule has 134 valence electrons. The van der Waals surface area contributed by atoms with E-state index in [1.807, 2.05) is 37.1 Å². The third-order valence-electron chi connectivity index (χ3n) is 4.53. The molecule has 0 saturated carbocycles. The lowest BCUT2D eigenvalue weighted by Crippen LogP contribution is -2.32. The molecule has 2 heterocycles. The second-order valence-electron chi connectivity index (χ2n) is 6.87. The monoisotopic (exact) mass is 341 g/mol. The van der Waals surface area contributed by atoms with Crippen LogP contribution in [0.2, 0.25) is 0 Å². The standard InChI is InChI=1S/C19H27N5O/c1-23(2)14-16-7-4-3-6-15(16)12-21-19(25)18-9-11-24(22-18)17-8-5-10-20-13-17/h3-4,6-7,9,11,17,20H,5,8,10,12-14H2,1-2H3,(H,21,25). The Labute approximate surface area is 149 Å². The van der Waals surface area contributed by atoms with Gasteiger partial charge in [-0.15, -0.1) is 0 Å². The minimum Gasteiger partial charge on any atom is -0.347 e. The van der Waals surface area contributed by atoms with Crippen LogP contribution in [0.5, 0.6) is 0 Å². The fraction of sp³-hybridized carbons (Fsp3) is 0.474. The van der Waals surface area contributed by atoms with E-state index in [1.165, 1.54) is 5.56 Å². The van der Waals surface area contributed by atoms with Gasteiger partial charge in [0.05, 0.1) is 6.04 Å². The van der Waals surface area contributed by atoms with Crippen molar-refractivity contribution >= 4 is 5.91 Å². The van der Waals surface area contributed by atoms with E-state index in [9.17, 15) is 4.79 Å². The molecule has 1 unspecified atom stereocenters. The van der Waals surface area contributed by atoms with Crippen molar-refractivity contribution in [2.45, 2.75) is 32.0 Å². The molecule has 1 aliphatic heterocycles. The van der Waals surface area contributed by atoms with Crippen LogP contribution < -0.4 is 10.6 Å². The second-order valence-corrected chi connectivity index (χ2v) is 6.87. The normalized spacial score (nSPS) is 17.6. The van der Waals surface area contributed by atoms with E-state index in [2.05, 4.69) is 32.8 Å². The maximum absolute atomic E-state index is 12.4. The lowest BCUT2D eigenvalue weighted by atomic mass is 10.1. The summed E-state index contributed by atoms with van der Waals surface area (Å²) in [5.74, 6) is -0.123. The Morgan fingerprint density at radius 1 is 1.32 bits per heavy atom. The Morgan fingerprint density at radius 2 is 2.12 bits per heavy atom. The average molecular weight is 341 g/mol. The fourth-order valence-electron chi connectivity index (χ4n) is 3.21. The van der Waals surface area contributed by atoms with Gasteiger partial charge in [-0.05, 0) is 50.7 Å². The van der Waals surface area contributed by atoms with Gasteiger partial charge in [0.2, 0.25) is 0 Å². The summed E-state index contributed by atoms with van der Waals surface area (Å²) in [7, 11) is 4.09. The van der Waals surface area contributed by atoms with E-state index in [4.69, 9.17) is 0 Å². The first-order valence-electron chi connectivity index (χ1n) is 8.89. The molecule has 0 bridgehead atoms. The number of amides is 1. The first kappa shape index (κ1) is 17.6. The Kier molecular flexibility index (Phi) is 5.83. The second kappa shape index (κ2) is 8.27. The first-order valence-corrected chi connectivity index (χ1v) is 8.89. The van der Waals surface area contributed by atoms with Gasteiger partial charge in [-0.3, -0.25) is 9.48 Å². The molecule has 1 saturated heterocycles. The highest BCUT2D eigenvalue weighted by Crippen LogP contribution is 2.16. The Balaban J connectivity index is 1.60. The molecule has 1 fully saturated rings. The average Bonchev–Trinajstić information content (AvgIpc) is 3.11. The predicted molar refractivity (Wildman–Crippen MR) is 98.4 cm³/mol. The largest absolute Gasteiger partial charge is 0.347 e. The molecule has 2 aromatic rings. The highest BCUT2D eigenvalue weighted by atomic mass is 16.1. The van der Waals surface area contributed by atoms with Crippen molar-refractivity contribution in [3.63, 3.8) is 0 Å². The Morgan fingerprint density at radius 3 is 2.84 bits per heavy atom. The van der Waals surface area contributed by atoms with Gasteiger partial charge >= 0.3 is 0 Å². The summed E-state index contributed by atoms with van der Waals surface area (Å²) in [6.07, 6.45) is 4.16. The zero-order valence-corrected chi connectivity index (χ0v) is 15.0. The summed E-state index contributed by atoms with van der Waals surface area (Å²) in [6.45, 7) is 3.36. The van der Waals surface area contributed by atoms with E-state index < -0.39 is 0 Å². The summed E-state index contributed by atoms with van der Waals surface area (Å²) in [4.78, 5) is 14.6. The number of piperidine rings is 1. The molecule has 1 amide bonds. The zero-order valence-electron chi connectivity index (χ0n) is 15.0. The van der Waals surface area contributed by atoms with Gasteiger partial charge in [-0.25, -0.2) is 0 Å². The van der Waals surface area contributed by atoms with Crippen LogP contribution in [-0.4, -0.2) is 47.8 Å². The van der Waals surface area contributed by atoms with Crippen LogP contribution in [0.3, 0.4) is 0 Å². The van der Waals surface area contributed by atoms with Crippen molar-refractivity contribution in [2.24, 2.45) is 0 Å². The molecule has 1 aromatic carbocycles. The van der Waals surface area contributed by atoms with Gasteiger partial charge in [0.1, 0.15) is 5.69 Å². The van der Waals surface area contributed by atoms with Crippen molar-refractivity contribution in [3.8, 4) is 0 Å². The van der Waals surface area contributed by atoms with E-state index in [-0.39, 0.29) is 5.91 Å². The molecule has 1 aliphatic rings. The third-order valence-corrected chi connectivity index (χ3v) is 4.53. The Hall–Kier alpha value is -2.18. The van der Waals surface area contributed by atoms with Gasteiger partial charge in [0, 0.05) is 25.8 Å². The molecule has 0 aliphatic carbocycles. The van der Waals surface area contributed by atoms with Gasteiger partial charge < -0.3 is 15.5 Å². The number of hydrogen-bond donors (Lipinski definition) is 2. The smallest absolute Gasteiger partial charge is 0.272 e. The van der Waals surface area contributed by atoms with Crippen LogP contribution >= 0.6 is 0 Å². The molecule has 2 N–H and O–H groups in total. The molecular formula is C19H27N5O. The van der Waals surface area contributed by atoms with Gasteiger partial charge in [-0.1, -0.05) is 24.3 Å². The summed E-state index contributed by atoms with van der Waals surface area (Å²) >= 11 is 0. The maximum Gasteiger partial charge on any atom is 0.272 e. The number of aromatic nitrogens is 2. The number of hydrogen-bond acceptors (Lipinski definition) is 4. The SMILES string of the molecule is CN(C)Cc1ccccc1CNC(=O)c1ccn(C2CCCNC2)n1. The number of carbonyl (C=O) groups is 1. The van der Waals surface area contributed by atoms with Crippen LogP contribution in [0.15, 0.2) is 36.5 Å². The minimum atomic E-state index is -0.123. The summed E-state index contributed by atoms with van der Waals surface area (Å²) in [5.41, 5.74) is 2.85. The van der Waals surface area contributed by atoms with Crippen LogP contribution in [0, 0.1) is 0 Å². The lowest BCUT2D eigenvalue weighted by molar-refractivity contribution is 0.0944. The van der Waals surface area contributed by atoms with Gasteiger partial charge in [0.15, 0.2) is 0 Å². The highest BCUT2D eigenvalue weighted by Gasteiger charge is 2.17. The van der Waals surface area contributed by atoms with Gasteiger partial charge in [0.25, 0.3) is 5.91 Å². The molecule has 6 heteroatoms. The van der Waals surface area contributed by atoms with E-state index >= 15 is 0 Å². The number of nitrogens with zero attached hydrogens (tertiary/aromatic N) is 3. The van der Waals surface area contributed by atoms with Gasteiger partial charge in [-0.2, -0.15) is 5.10 Å². The molecule has 1 aromatic heterocycles.